The van der Waals surface area contributed by atoms with E-state index < -0.39 is 0 Å². The van der Waals surface area contributed by atoms with E-state index in [1.807, 2.05) is 0 Å². The van der Waals surface area contributed by atoms with Crippen LogP contribution in [0.2, 0.25) is 0 Å². The van der Waals surface area contributed by atoms with Crippen LogP contribution in [0.3, 0.4) is 0 Å². The number of thiol groups is 1. The third kappa shape index (κ3) is 5.57. The highest BCUT2D eigenvalue weighted by Crippen LogP contribution is 2.28. The molecule has 1 aliphatic carbocycles. The Morgan fingerprint density at radius 3 is 2.40 bits per heavy atom. The predicted octanol–water partition coefficient (Wildman–Crippen LogP) is 4.29. The molecular formula is C17H33NOS. The number of rotatable bonds is 9. The molecule has 2 nitrogen and oxygen atoms in total. The van der Waals surface area contributed by atoms with Crippen molar-refractivity contribution in [1.29, 1.82) is 0 Å². The molecule has 1 saturated heterocycles. The predicted molar refractivity (Wildman–Crippen MR) is 89.7 cm³/mol. The third-order valence-corrected chi connectivity index (χ3v) is 5.27. The van der Waals surface area contributed by atoms with Gasteiger partial charge in [-0.3, -0.25) is 4.90 Å². The minimum atomic E-state index is 0.554. The molecule has 0 aromatic carbocycles. The Labute approximate surface area is 131 Å². The Hall–Kier alpha value is 0.270. The normalized spacial score (nSPS) is 27.4. The van der Waals surface area contributed by atoms with Crippen LogP contribution in [-0.4, -0.2) is 42.5 Å². The van der Waals surface area contributed by atoms with E-state index in [2.05, 4.69) is 17.5 Å². The smallest absolute Gasteiger partial charge is 0.0730 e. The molecule has 0 amide bonds. The fourth-order valence-corrected chi connectivity index (χ4v) is 3.99. The zero-order valence-corrected chi connectivity index (χ0v) is 14.0. The van der Waals surface area contributed by atoms with Gasteiger partial charge in [0.2, 0.25) is 0 Å². The van der Waals surface area contributed by atoms with Crippen LogP contribution in [0.5, 0.6) is 0 Å². The molecule has 2 rings (SSSR count). The molecule has 2 unspecified atom stereocenters. The van der Waals surface area contributed by atoms with Crippen molar-refractivity contribution in [2.75, 3.05) is 25.4 Å². The van der Waals surface area contributed by atoms with Crippen LogP contribution >= 0.6 is 12.6 Å². The number of hydrogen-bond donors (Lipinski definition) is 1. The maximum atomic E-state index is 5.95. The van der Waals surface area contributed by atoms with Gasteiger partial charge in [-0.1, -0.05) is 44.9 Å². The lowest BCUT2D eigenvalue weighted by molar-refractivity contribution is -0.0882. The fraction of sp³-hybridized carbons (Fsp3) is 1.00. The lowest BCUT2D eigenvalue weighted by atomic mass is 9.90. The molecule has 0 N–H and O–H groups in total. The van der Waals surface area contributed by atoms with Gasteiger partial charge in [-0.05, 0) is 38.0 Å². The summed E-state index contributed by atoms with van der Waals surface area (Å²) >= 11 is 4.26. The topological polar surface area (TPSA) is 12.5 Å². The molecular weight excluding hydrogens is 266 g/mol. The van der Waals surface area contributed by atoms with Gasteiger partial charge >= 0.3 is 0 Å². The number of fused-ring (bicyclic) bond motifs is 1. The van der Waals surface area contributed by atoms with Gasteiger partial charge in [0, 0.05) is 12.6 Å². The lowest BCUT2D eigenvalue weighted by Crippen LogP contribution is -2.52. The molecule has 0 bridgehead atoms. The molecule has 2 fully saturated rings. The summed E-state index contributed by atoms with van der Waals surface area (Å²) in [5.41, 5.74) is 0. The summed E-state index contributed by atoms with van der Waals surface area (Å²) < 4.78 is 5.95. The molecule has 0 aromatic rings. The first kappa shape index (κ1) is 16.6. The van der Waals surface area contributed by atoms with Crippen LogP contribution in [0.25, 0.3) is 0 Å². The third-order valence-electron chi connectivity index (χ3n) is 4.95. The fourth-order valence-electron chi connectivity index (χ4n) is 3.76. The van der Waals surface area contributed by atoms with Crippen molar-refractivity contribution in [1.82, 2.24) is 4.90 Å². The van der Waals surface area contributed by atoms with Crippen LogP contribution in [0.15, 0.2) is 0 Å². The van der Waals surface area contributed by atoms with Gasteiger partial charge in [0.15, 0.2) is 0 Å². The summed E-state index contributed by atoms with van der Waals surface area (Å²) in [5, 5.41) is 0. The number of hydrogen-bond acceptors (Lipinski definition) is 3. The van der Waals surface area contributed by atoms with Crippen LogP contribution < -0.4 is 0 Å². The van der Waals surface area contributed by atoms with Crippen molar-refractivity contribution in [3.05, 3.63) is 0 Å². The maximum Gasteiger partial charge on any atom is 0.0730 e. The molecule has 3 heteroatoms. The van der Waals surface area contributed by atoms with Gasteiger partial charge in [0.1, 0.15) is 0 Å². The van der Waals surface area contributed by atoms with E-state index in [9.17, 15) is 0 Å². The second-order valence-corrected chi connectivity index (χ2v) is 6.94. The summed E-state index contributed by atoms with van der Waals surface area (Å²) in [4.78, 5) is 2.73. The van der Waals surface area contributed by atoms with E-state index in [0.29, 0.717) is 6.10 Å². The van der Waals surface area contributed by atoms with Crippen molar-refractivity contribution in [2.45, 2.75) is 82.8 Å². The zero-order chi connectivity index (χ0) is 14.0. The Morgan fingerprint density at radius 1 is 0.900 bits per heavy atom. The SMILES string of the molecule is SCCCCCCCCCN1CCOC2CCCCC21. The second kappa shape index (κ2) is 10.1. The monoisotopic (exact) mass is 299 g/mol. The van der Waals surface area contributed by atoms with Gasteiger partial charge in [-0.15, -0.1) is 0 Å². The van der Waals surface area contributed by atoms with Gasteiger partial charge in [0.25, 0.3) is 0 Å². The second-order valence-electron chi connectivity index (χ2n) is 6.50. The highest BCUT2D eigenvalue weighted by Gasteiger charge is 2.33. The first-order valence-corrected chi connectivity index (χ1v) is 9.51. The average molecular weight is 300 g/mol. The minimum Gasteiger partial charge on any atom is -0.375 e. The molecule has 2 atom stereocenters. The number of morpholine rings is 1. The standard InChI is InChI=1S/C17H33NOS/c20-15-9-5-3-1-2-4-8-12-18-13-14-19-17-11-7-6-10-16(17)18/h16-17,20H,1-15H2. The van der Waals surface area contributed by atoms with Crippen molar-refractivity contribution < 1.29 is 4.74 Å². The van der Waals surface area contributed by atoms with Crippen LogP contribution in [0.4, 0.5) is 0 Å². The Balaban J connectivity index is 1.52. The molecule has 0 aromatic heterocycles. The Morgan fingerprint density at radius 2 is 1.60 bits per heavy atom. The van der Waals surface area contributed by atoms with Crippen molar-refractivity contribution in [2.24, 2.45) is 0 Å². The molecule has 2 aliphatic rings. The minimum absolute atomic E-state index is 0.554. The number of ether oxygens (including phenoxy) is 1. The largest absolute Gasteiger partial charge is 0.375 e. The summed E-state index contributed by atoms with van der Waals surface area (Å²) in [6, 6.07) is 0.743. The van der Waals surface area contributed by atoms with Gasteiger partial charge in [-0.2, -0.15) is 12.6 Å². The molecule has 0 spiro atoms. The highest BCUT2D eigenvalue weighted by atomic mass is 32.1. The van der Waals surface area contributed by atoms with Gasteiger partial charge in [0.05, 0.1) is 12.7 Å². The molecule has 118 valence electrons. The highest BCUT2D eigenvalue weighted by molar-refractivity contribution is 7.80. The van der Waals surface area contributed by atoms with Crippen molar-refractivity contribution >= 4 is 12.6 Å². The van der Waals surface area contributed by atoms with E-state index in [1.54, 1.807) is 0 Å². The summed E-state index contributed by atoms with van der Waals surface area (Å²) in [7, 11) is 0. The number of nitrogens with zero attached hydrogens (tertiary/aromatic N) is 1. The first-order chi connectivity index (χ1) is 9.92. The Bertz CT molecular complexity index is 247. The lowest BCUT2D eigenvalue weighted by Gasteiger charge is -2.43. The molecule has 1 saturated carbocycles. The Kier molecular flexibility index (Phi) is 8.38. The van der Waals surface area contributed by atoms with Gasteiger partial charge in [-0.25, -0.2) is 0 Å². The summed E-state index contributed by atoms with van der Waals surface area (Å²) in [6.45, 7) is 3.44. The van der Waals surface area contributed by atoms with E-state index >= 15 is 0 Å². The summed E-state index contributed by atoms with van der Waals surface area (Å²) in [5.74, 6) is 1.06. The van der Waals surface area contributed by atoms with Crippen molar-refractivity contribution in [3.8, 4) is 0 Å². The molecule has 0 radical (unpaired) electrons. The molecule has 20 heavy (non-hydrogen) atoms. The van der Waals surface area contributed by atoms with Crippen molar-refractivity contribution in [3.63, 3.8) is 0 Å². The van der Waals surface area contributed by atoms with E-state index in [-0.39, 0.29) is 0 Å². The molecule has 1 aliphatic heterocycles. The van der Waals surface area contributed by atoms with Crippen LogP contribution in [0.1, 0.15) is 70.6 Å². The van der Waals surface area contributed by atoms with E-state index in [1.165, 1.54) is 83.7 Å². The van der Waals surface area contributed by atoms with E-state index in [0.717, 1.165) is 18.4 Å². The summed E-state index contributed by atoms with van der Waals surface area (Å²) in [6.07, 6.45) is 15.7. The first-order valence-electron chi connectivity index (χ1n) is 8.88. The van der Waals surface area contributed by atoms with Crippen LogP contribution in [0, 0.1) is 0 Å². The van der Waals surface area contributed by atoms with Crippen LogP contribution in [-0.2, 0) is 4.74 Å². The number of unbranched alkanes of at least 4 members (excludes halogenated alkanes) is 6. The van der Waals surface area contributed by atoms with Gasteiger partial charge < -0.3 is 4.74 Å². The van der Waals surface area contributed by atoms with E-state index in [4.69, 9.17) is 4.74 Å². The molecule has 1 heterocycles. The average Bonchev–Trinajstić information content (AvgIpc) is 2.50. The maximum absolute atomic E-state index is 5.95. The quantitative estimate of drug-likeness (QED) is 0.503. The zero-order valence-electron chi connectivity index (χ0n) is 13.1.